The zero-order valence-corrected chi connectivity index (χ0v) is 14.0. The molecule has 0 aliphatic rings. The Hall–Kier alpha value is -2.41. The van der Waals surface area contributed by atoms with Gasteiger partial charge in [-0.25, -0.2) is 18.2 Å². The van der Waals surface area contributed by atoms with E-state index in [1.165, 1.54) is 4.90 Å². The van der Waals surface area contributed by atoms with Crippen LogP contribution < -0.4 is 5.32 Å². The molecule has 0 aliphatic heterocycles. The van der Waals surface area contributed by atoms with Gasteiger partial charge in [0.25, 0.3) is 0 Å². The molecule has 0 aliphatic carbocycles. The minimum atomic E-state index is -3.22. The first-order chi connectivity index (χ1) is 10.8. The van der Waals surface area contributed by atoms with Gasteiger partial charge >= 0.3 is 6.03 Å². The van der Waals surface area contributed by atoms with E-state index in [0.717, 1.165) is 11.8 Å². The molecule has 0 bridgehead atoms. The number of hydrogen-bond acceptors (Lipinski definition) is 4. The lowest BCUT2D eigenvalue weighted by atomic mass is 10.1. The number of aromatic nitrogens is 1. The maximum atomic E-state index is 12.2. The van der Waals surface area contributed by atoms with Gasteiger partial charge in [0.05, 0.1) is 10.9 Å². The van der Waals surface area contributed by atoms with Gasteiger partial charge in [-0.15, -0.1) is 0 Å². The molecule has 2 rings (SSSR count). The topological polar surface area (TPSA) is 79.4 Å². The van der Waals surface area contributed by atoms with Crippen LogP contribution in [0.25, 0.3) is 0 Å². The number of urea groups is 1. The maximum absolute atomic E-state index is 12.2. The Morgan fingerprint density at radius 1 is 1.17 bits per heavy atom. The van der Waals surface area contributed by atoms with Gasteiger partial charge in [-0.2, -0.15) is 0 Å². The van der Waals surface area contributed by atoms with Gasteiger partial charge in [-0.05, 0) is 36.8 Å². The number of pyridine rings is 1. The standard InChI is InChI=1S/C16H19N3O3S/c1-12(13-7-9-14(10-8-13)23(3,21)22)19(2)16(20)18-15-6-4-5-11-17-15/h4-12H,1-3H3,(H,17,18,20)/t12-/m0/s1. The van der Waals surface area contributed by atoms with Crippen molar-refractivity contribution in [2.75, 3.05) is 18.6 Å². The molecule has 7 heteroatoms. The van der Waals surface area contributed by atoms with E-state index in [0.29, 0.717) is 5.82 Å². The van der Waals surface area contributed by atoms with Crippen molar-refractivity contribution in [1.29, 1.82) is 0 Å². The smallest absolute Gasteiger partial charge is 0.321 e. The number of benzene rings is 1. The lowest BCUT2D eigenvalue weighted by molar-refractivity contribution is 0.208. The molecule has 1 heterocycles. The molecule has 0 saturated heterocycles. The van der Waals surface area contributed by atoms with Crippen LogP contribution in [0.2, 0.25) is 0 Å². The number of amides is 2. The van der Waals surface area contributed by atoms with Crippen molar-refractivity contribution in [3.8, 4) is 0 Å². The molecule has 122 valence electrons. The third kappa shape index (κ3) is 4.29. The van der Waals surface area contributed by atoms with Crippen molar-refractivity contribution in [2.45, 2.75) is 17.9 Å². The maximum Gasteiger partial charge on any atom is 0.323 e. The monoisotopic (exact) mass is 333 g/mol. The number of rotatable bonds is 4. The second-order valence-corrected chi connectivity index (χ2v) is 7.29. The van der Waals surface area contributed by atoms with Crippen LogP contribution in [0.15, 0.2) is 53.6 Å². The SMILES string of the molecule is C[C@@H](c1ccc(S(C)(=O)=O)cc1)N(C)C(=O)Nc1ccccn1. The average molecular weight is 333 g/mol. The summed E-state index contributed by atoms with van der Waals surface area (Å²) in [4.78, 5) is 18.1. The lowest BCUT2D eigenvalue weighted by Gasteiger charge is -2.25. The van der Waals surface area contributed by atoms with Crippen molar-refractivity contribution >= 4 is 21.7 Å². The molecule has 0 saturated carbocycles. The summed E-state index contributed by atoms with van der Waals surface area (Å²) in [7, 11) is -1.55. The van der Waals surface area contributed by atoms with Crippen LogP contribution in [0.5, 0.6) is 0 Å². The highest BCUT2D eigenvalue weighted by molar-refractivity contribution is 7.90. The van der Waals surface area contributed by atoms with Crippen molar-refractivity contribution < 1.29 is 13.2 Å². The van der Waals surface area contributed by atoms with Gasteiger partial charge in [0.15, 0.2) is 9.84 Å². The molecular formula is C16H19N3O3S. The van der Waals surface area contributed by atoms with E-state index in [1.807, 2.05) is 6.92 Å². The Bertz CT molecular complexity index is 774. The van der Waals surface area contributed by atoms with E-state index in [1.54, 1.807) is 55.7 Å². The molecule has 2 amide bonds. The summed E-state index contributed by atoms with van der Waals surface area (Å²) in [6, 6.07) is 11.3. The predicted molar refractivity (Wildman–Crippen MR) is 89.0 cm³/mol. The number of carbonyl (C=O) groups is 1. The fourth-order valence-electron chi connectivity index (χ4n) is 2.03. The highest BCUT2D eigenvalue weighted by atomic mass is 32.2. The number of sulfone groups is 1. The van der Waals surface area contributed by atoms with Gasteiger partial charge in [-0.3, -0.25) is 5.32 Å². The summed E-state index contributed by atoms with van der Waals surface area (Å²) < 4.78 is 23.0. The number of nitrogens with zero attached hydrogens (tertiary/aromatic N) is 2. The summed E-state index contributed by atoms with van der Waals surface area (Å²) in [6.07, 6.45) is 2.76. The van der Waals surface area contributed by atoms with E-state index >= 15 is 0 Å². The second kappa shape index (κ2) is 6.78. The van der Waals surface area contributed by atoms with Crippen LogP contribution in [-0.4, -0.2) is 37.6 Å². The van der Waals surface area contributed by atoms with E-state index in [4.69, 9.17) is 0 Å². The lowest BCUT2D eigenvalue weighted by Crippen LogP contribution is -2.33. The molecule has 1 aromatic heterocycles. The molecule has 1 N–H and O–H groups in total. The molecule has 23 heavy (non-hydrogen) atoms. The zero-order chi connectivity index (χ0) is 17.0. The largest absolute Gasteiger partial charge is 0.323 e. The van der Waals surface area contributed by atoms with E-state index in [-0.39, 0.29) is 17.0 Å². The highest BCUT2D eigenvalue weighted by Gasteiger charge is 2.18. The number of anilines is 1. The molecule has 1 atom stereocenters. The predicted octanol–water partition coefficient (Wildman–Crippen LogP) is 2.71. The summed E-state index contributed by atoms with van der Waals surface area (Å²) in [5.74, 6) is 0.476. The molecule has 0 fully saturated rings. The molecule has 1 aromatic carbocycles. The molecule has 0 radical (unpaired) electrons. The van der Waals surface area contributed by atoms with Crippen molar-refractivity contribution in [1.82, 2.24) is 9.88 Å². The van der Waals surface area contributed by atoms with E-state index in [9.17, 15) is 13.2 Å². The molecule has 0 unspecified atom stereocenters. The number of hydrogen-bond donors (Lipinski definition) is 1. The fraction of sp³-hybridized carbons (Fsp3) is 0.250. The summed E-state index contributed by atoms with van der Waals surface area (Å²) in [6.45, 7) is 1.87. The minimum absolute atomic E-state index is 0.215. The van der Waals surface area contributed by atoms with E-state index < -0.39 is 9.84 Å². The van der Waals surface area contributed by atoms with Crippen LogP contribution in [-0.2, 0) is 9.84 Å². The van der Waals surface area contributed by atoms with Gasteiger partial charge in [0.1, 0.15) is 5.82 Å². The van der Waals surface area contributed by atoms with Gasteiger partial charge in [0.2, 0.25) is 0 Å². The third-order valence-electron chi connectivity index (χ3n) is 3.59. The normalized spacial score (nSPS) is 12.5. The first-order valence-corrected chi connectivity index (χ1v) is 8.93. The van der Waals surface area contributed by atoms with Crippen molar-refractivity contribution in [3.05, 3.63) is 54.2 Å². The minimum Gasteiger partial charge on any atom is -0.321 e. The number of carbonyl (C=O) groups excluding carboxylic acids is 1. The van der Waals surface area contributed by atoms with Crippen LogP contribution in [0.4, 0.5) is 10.6 Å². The fourth-order valence-corrected chi connectivity index (χ4v) is 2.66. The highest BCUT2D eigenvalue weighted by Crippen LogP contribution is 2.21. The molecule has 2 aromatic rings. The van der Waals surface area contributed by atoms with Gasteiger partial charge in [0, 0.05) is 19.5 Å². The van der Waals surface area contributed by atoms with Crippen LogP contribution in [0.3, 0.4) is 0 Å². The summed E-state index contributed by atoms with van der Waals surface area (Å²) in [5.41, 5.74) is 0.844. The Kier molecular flexibility index (Phi) is 5.00. The second-order valence-electron chi connectivity index (χ2n) is 5.27. The Morgan fingerprint density at radius 3 is 2.35 bits per heavy atom. The zero-order valence-electron chi connectivity index (χ0n) is 13.2. The number of nitrogens with one attached hydrogen (secondary N) is 1. The molecule has 0 spiro atoms. The quantitative estimate of drug-likeness (QED) is 0.933. The van der Waals surface area contributed by atoms with E-state index in [2.05, 4.69) is 10.3 Å². The van der Waals surface area contributed by atoms with Crippen LogP contribution in [0, 0.1) is 0 Å². The van der Waals surface area contributed by atoms with Gasteiger partial charge < -0.3 is 4.90 Å². The third-order valence-corrected chi connectivity index (χ3v) is 4.72. The Labute approximate surface area is 136 Å². The molecule has 6 nitrogen and oxygen atoms in total. The summed E-state index contributed by atoms with van der Waals surface area (Å²) in [5, 5.41) is 2.71. The van der Waals surface area contributed by atoms with Crippen molar-refractivity contribution in [3.63, 3.8) is 0 Å². The first-order valence-electron chi connectivity index (χ1n) is 7.04. The van der Waals surface area contributed by atoms with Crippen molar-refractivity contribution in [2.24, 2.45) is 0 Å². The van der Waals surface area contributed by atoms with Crippen LogP contribution in [0.1, 0.15) is 18.5 Å². The molecular weight excluding hydrogens is 314 g/mol. The average Bonchev–Trinajstić information content (AvgIpc) is 2.53. The Balaban J connectivity index is 2.09. The summed E-state index contributed by atoms with van der Waals surface area (Å²) >= 11 is 0. The Morgan fingerprint density at radius 2 is 1.83 bits per heavy atom. The first kappa shape index (κ1) is 17.0. The van der Waals surface area contributed by atoms with Gasteiger partial charge in [-0.1, -0.05) is 18.2 Å². The van der Waals surface area contributed by atoms with Crippen LogP contribution >= 0.6 is 0 Å².